The van der Waals surface area contributed by atoms with E-state index in [4.69, 9.17) is 26.1 Å². The van der Waals surface area contributed by atoms with Crippen LogP contribution in [0.2, 0.25) is 5.02 Å². The van der Waals surface area contributed by atoms with E-state index in [1.165, 1.54) is 0 Å². The number of pyridine rings is 1. The lowest BCUT2D eigenvalue weighted by Crippen LogP contribution is -2.41. The summed E-state index contributed by atoms with van der Waals surface area (Å²) < 4.78 is 11.8. The fourth-order valence-corrected chi connectivity index (χ4v) is 6.54. The predicted octanol–water partition coefficient (Wildman–Crippen LogP) is 5.54. The lowest BCUT2D eigenvalue weighted by Gasteiger charge is -2.37. The zero-order valence-electron chi connectivity index (χ0n) is 26.8. The smallest absolute Gasteiger partial charge is 0.233 e. The van der Waals surface area contributed by atoms with Crippen LogP contribution in [0.3, 0.4) is 0 Å². The topological polar surface area (TPSA) is 96.0 Å². The van der Waals surface area contributed by atoms with E-state index < -0.39 is 6.04 Å². The van der Waals surface area contributed by atoms with Gasteiger partial charge in [-0.1, -0.05) is 23.7 Å². The normalized spacial score (nSPS) is 19.7. The molecule has 1 aliphatic heterocycles. The van der Waals surface area contributed by atoms with Crippen LogP contribution in [0.1, 0.15) is 62.3 Å². The first kappa shape index (κ1) is 32.6. The number of hydrogen-bond acceptors (Lipinski definition) is 7. The van der Waals surface area contributed by atoms with Crippen molar-refractivity contribution in [3.05, 3.63) is 76.4 Å². The number of fused-ring (bicyclic) bond motifs is 1. The van der Waals surface area contributed by atoms with Crippen LogP contribution in [0.15, 0.2) is 54.7 Å². The maximum atomic E-state index is 13.8. The van der Waals surface area contributed by atoms with Gasteiger partial charge in [-0.25, -0.2) is 4.98 Å². The van der Waals surface area contributed by atoms with Crippen molar-refractivity contribution < 1.29 is 19.1 Å². The first-order valence-corrected chi connectivity index (χ1v) is 16.1. The van der Waals surface area contributed by atoms with Gasteiger partial charge < -0.3 is 25.0 Å². The van der Waals surface area contributed by atoms with Crippen molar-refractivity contribution in [2.75, 3.05) is 44.1 Å². The summed E-state index contributed by atoms with van der Waals surface area (Å²) in [6.45, 7) is 5.25. The summed E-state index contributed by atoms with van der Waals surface area (Å²) in [5, 5.41) is 6.67. The first-order valence-electron chi connectivity index (χ1n) is 15.7. The Hall–Kier alpha value is -3.82. The summed E-state index contributed by atoms with van der Waals surface area (Å²) in [5.41, 5.74) is 3.80. The Labute approximate surface area is 271 Å². The average molecular weight is 634 g/mol. The highest BCUT2D eigenvalue weighted by Gasteiger charge is 2.37. The molecule has 45 heavy (non-hydrogen) atoms. The summed E-state index contributed by atoms with van der Waals surface area (Å²) in [6, 6.07) is 15.5. The van der Waals surface area contributed by atoms with Gasteiger partial charge in [0.2, 0.25) is 11.8 Å². The Morgan fingerprint density at radius 1 is 1.09 bits per heavy atom. The van der Waals surface area contributed by atoms with Crippen molar-refractivity contribution in [1.82, 2.24) is 15.6 Å². The van der Waals surface area contributed by atoms with Gasteiger partial charge >= 0.3 is 0 Å². The number of hydrogen-bond donors (Lipinski definition) is 2. The van der Waals surface area contributed by atoms with E-state index in [9.17, 15) is 9.59 Å². The number of amides is 2. The molecule has 0 radical (unpaired) electrons. The standard InChI is InChI=1S/C35H44ClN5O4/c1-22(2)45-31-18-29-25(16-30(31)44-5)17-34(43)41(35(29)24-8-10-26(36)11-9-24)32-15-14-28(19-39-32)40(4)21-23-6-12-27(13-7-23)38-20-33(42)37-3/h8-11,14-16,18-19,22-23,27,35,38H,6-7,12-13,17,20-21H2,1-5H3,(H,37,42)/t23?,27?,35-/m0/s1. The second-order valence-electron chi connectivity index (χ2n) is 12.3. The van der Waals surface area contributed by atoms with Gasteiger partial charge in [0.25, 0.3) is 0 Å². The Bertz CT molecular complexity index is 1470. The van der Waals surface area contributed by atoms with E-state index in [0.29, 0.717) is 40.8 Å². The van der Waals surface area contributed by atoms with E-state index in [1.807, 2.05) is 68.6 Å². The molecule has 9 nitrogen and oxygen atoms in total. The fraction of sp³-hybridized carbons (Fsp3) is 0.457. The van der Waals surface area contributed by atoms with Crippen molar-refractivity contribution in [3.63, 3.8) is 0 Å². The zero-order chi connectivity index (χ0) is 32.1. The minimum absolute atomic E-state index is 0.0212. The molecule has 3 aromatic rings. The van der Waals surface area contributed by atoms with Gasteiger partial charge in [-0.3, -0.25) is 14.5 Å². The van der Waals surface area contributed by atoms with Crippen LogP contribution in [0.25, 0.3) is 0 Å². The van der Waals surface area contributed by atoms with Gasteiger partial charge in [0, 0.05) is 31.7 Å². The molecule has 2 aromatic carbocycles. The molecular weight excluding hydrogens is 590 g/mol. The number of carbonyl (C=O) groups excluding carboxylic acids is 2. The molecule has 2 heterocycles. The molecular formula is C35H44ClN5O4. The molecule has 240 valence electrons. The third-order valence-electron chi connectivity index (χ3n) is 8.77. The summed E-state index contributed by atoms with van der Waals surface area (Å²) >= 11 is 6.26. The van der Waals surface area contributed by atoms with Gasteiger partial charge in [-0.2, -0.15) is 0 Å². The van der Waals surface area contributed by atoms with Crippen LogP contribution in [0, 0.1) is 5.92 Å². The molecule has 2 amide bonds. The number of benzene rings is 2. The second-order valence-corrected chi connectivity index (χ2v) is 12.7. The number of aromatic nitrogens is 1. The average Bonchev–Trinajstić information content (AvgIpc) is 3.04. The zero-order valence-corrected chi connectivity index (χ0v) is 27.6. The molecule has 0 spiro atoms. The van der Waals surface area contributed by atoms with Crippen molar-refractivity contribution >= 4 is 34.9 Å². The molecule has 1 atom stereocenters. The van der Waals surface area contributed by atoms with Crippen molar-refractivity contribution in [1.29, 1.82) is 0 Å². The maximum Gasteiger partial charge on any atom is 0.233 e. The SMILES string of the molecule is CNC(=O)CNC1CCC(CN(C)c2ccc(N3C(=O)Cc4cc(OC)c(OC(C)C)cc4[C@@H]3c3ccc(Cl)cc3)nc2)CC1. The van der Waals surface area contributed by atoms with E-state index in [1.54, 1.807) is 19.1 Å². The third kappa shape index (κ3) is 7.71. The van der Waals surface area contributed by atoms with Crippen LogP contribution in [-0.4, -0.2) is 63.2 Å². The van der Waals surface area contributed by atoms with Gasteiger partial charge in [0.05, 0.1) is 44.1 Å². The van der Waals surface area contributed by atoms with Gasteiger partial charge in [-0.15, -0.1) is 0 Å². The number of anilines is 2. The second kappa shape index (κ2) is 14.5. The highest BCUT2D eigenvalue weighted by Crippen LogP contribution is 2.43. The lowest BCUT2D eigenvalue weighted by molar-refractivity contribution is -0.120. The fourth-order valence-electron chi connectivity index (χ4n) is 6.41. The van der Waals surface area contributed by atoms with Gasteiger partial charge in [0.15, 0.2) is 11.5 Å². The van der Waals surface area contributed by atoms with E-state index >= 15 is 0 Å². The molecule has 0 saturated heterocycles. The number of ether oxygens (including phenoxy) is 2. The summed E-state index contributed by atoms with van der Waals surface area (Å²) in [6.07, 6.45) is 6.38. The molecule has 5 rings (SSSR count). The van der Waals surface area contributed by atoms with Crippen molar-refractivity contribution in [2.45, 2.75) is 64.1 Å². The number of halogens is 1. The summed E-state index contributed by atoms with van der Waals surface area (Å²) in [7, 11) is 5.37. The van der Waals surface area contributed by atoms with Crippen LogP contribution in [-0.2, 0) is 16.0 Å². The third-order valence-corrected chi connectivity index (χ3v) is 9.02. The number of methoxy groups -OCH3 is 1. The number of rotatable bonds is 11. The van der Waals surface area contributed by atoms with E-state index in [0.717, 1.165) is 54.6 Å². The first-order chi connectivity index (χ1) is 21.7. The molecule has 0 unspecified atom stereocenters. The Morgan fingerprint density at radius 2 is 1.82 bits per heavy atom. The summed E-state index contributed by atoms with van der Waals surface area (Å²) in [5.74, 6) is 2.39. The van der Waals surface area contributed by atoms with Crippen LogP contribution < -0.4 is 29.9 Å². The molecule has 1 aliphatic carbocycles. The van der Waals surface area contributed by atoms with Crippen molar-refractivity contribution in [2.24, 2.45) is 5.92 Å². The van der Waals surface area contributed by atoms with E-state index in [2.05, 4.69) is 22.6 Å². The molecule has 0 bridgehead atoms. The Morgan fingerprint density at radius 3 is 2.44 bits per heavy atom. The molecule has 2 aliphatic rings. The number of carbonyl (C=O) groups is 2. The highest BCUT2D eigenvalue weighted by molar-refractivity contribution is 6.30. The minimum Gasteiger partial charge on any atom is -0.493 e. The minimum atomic E-state index is -0.415. The number of nitrogens with zero attached hydrogens (tertiary/aromatic N) is 3. The van der Waals surface area contributed by atoms with Crippen LogP contribution in [0.5, 0.6) is 11.5 Å². The largest absolute Gasteiger partial charge is 0.493 e. The monoisotopic (exact) mass is 633 g/mol. The van der Waals surface area contributed by atoms with Crippen LogP contribution in [0.4, 0.5) is 11.5 Å². The highest BCUT2D eigenvalue weighted by atomic mass is 35.5. The Kier molecular flexibility index (Phi) is 10.5. The predicted molar refractivity (Wildman–Crippen MR) is 179 cm³/mol. The molecule has 2 N–H and O–H groups in total. The lowest BCUT2D eigenvalue weighted by atomic mass is 9.85. The Balaban J connectivity index is 1.36. The maximum absolute atomic E-state index is 13.8. The number of nitrogens with one attached hydrogen (secondary N) is 2. The molecule has 1 saturated carbocycles. The van der Waals surface area contributed by atoms with Gasteiger partial charge in [-0.05, 0) is 98.5 Å². The van der Waals surface area contributed by atoms with Crippen LogP contribution >= 0.6 is 11.6 Å². The quantitative estimate of drug-likeness (QED) is 0.286. The molecule has 10 heteroatoms. The van der Waals surface area contributed by atoms with E-state index in [-0.39, 0.29) is 24.3 Å². The van der Waals surface area contributed by atoms with Gasteiger partial charge in [0.1, 0.15) is 5.82 Å². The summed E-state index contributed by atoms with van der Waals surface area (Å²) in [4.78, 5) is 34.3. The molecule has 1 fully saturated rings. The van der Waals surface area contributed by atoms with Crippen molar-refractivity contribution in [3.8, 4) is 11.5 Å². The number of likely N-dealkylation sites (N-methyl/N-ethyl adjacent to an activating group) is 1. The molecule has 1 aromatic heterocycles.